The second-order valence-corrected chi connectivity index (χ2v) is 27.6. The van der Waals surface area contributed by atoms with Gasteiger partial charge in [-0.25, -0.2) is 0 Å². The summed E-state index contributed by atoms with van der Waals surface area (Å²) in [5.74, 6) is -2.30. The molecule has 0 aliphatic heterocycles. The summed E-state index contributed by atoms with van der Waals surface area (Å²) in [6, 6.07) is 0. The highest BCUT2D eigenvalue weighted by Crippen LogP contribution is 2.19. The lowest BCUT2D eigenvalue weighted by Crippen LogP contribution is -2.44. The molecule has 9 heteroatoms. The lowest BCUT2D eigenvalue weighted by atomic mass is 10.0. The number of carboxylic acids is 1. The van der Waals surface area contributed by atoms with E-state index in [4.69, 9.17) is 18.9 Å². The largest absolute Gasteiger partial charge is 0.545 e. The number of aliphatic carboxylic acids is 1. The van der Waals surface area contributed by atoms with Gasteiger partial charge in [-0.05, 0) is 70.6 Å². The quantitative estimate of drug-likeness (QED) is 0.0195. The standard InChI is InChI=1S/C83H149NO8/c1-6-8-10-12-14-16-18-20-22-24-26-28-30-32-34-35-36-37-38-39-40-41-42-43-44-45-46-48-49-51-53-55-57-59-61-63-65-67-69-71-73-80(85)90-77-79(78-91-83(82(87)88)89-76-75-84(3,4)5)92-81(86)74-72-70-68-66-64-62-60-58-56-54-52-50-47-33-31-29-27-25-23-21-19-17-15-13-11-9-7-2/h9,11,15,17,21,23,27,29,33,47,52,54,58,60,79,83H,6-8,10,12-14,16,18-20,22,24-26,28,30-32,34-46,48-51,53,55-57,59,61-78H2,1-5H3/b11-9-,17-15-,23-21-,29-27-,47-33-,54-52-,60-58-. The fourth-order valence-corrected chi connectivity index (χ4v) is 11.5. The number of esters is 2. The third-order valence-electron chi connectivity index (χ3n) is 17.4. The Morgan fingerprint density at radius 2 is 0.620 bits per heavy atom. The van der Waals surface area contributed by atoms with Gasteiger partial charge >= 0.3 is 11.9 Å². The molecular weight excluding hydrogens is 1140 g/mol. The van der Waals surface area contributed by atoms with Crippen molar-refractivity contribution >= 4 is 17.9 Å². The number of rotatable bonds is 73. The molecule has 2 unspecified atom stereocenters. The van der Waals surface area contributed by atoms with E-state index in [0.29, 0.717) is 17.4 Å². The van der Waals surface area contributed by atoms with Gasteiger partial charge in [0, 0.05) is 12.8 Å². The number of carbonyl (C=O) groups excluding carboxylic acids is 3. The molecule has 0 bridgehead atoms. The van der Waals surface area contributed by atoms with Crippen molar-refractivity contribution in [2.45, 2.75) is 379 Å². The number of hydrogen-bond donors (Lipinski definition) is 0. The second kappa shape index (κ2) is 73.3. The molecular formula is C83H149NO8. The summed E-state index contributed by atoms with van der Waals surface area (Å²) in [6.45, 7) is 4.65. The van der Waals surface area contributed by atoms with Gasteiger partial charge in [0.1, 0.15) is 13.2 Å². The number of ether oxygens (including phenoxy) is 4. The smallest absolute Gasteiger partial charge is 0.306 e. The highest BCUT2D eigenvalue weighted by molar-refractivity contribution is 5.70. The molecule has 534 valence electrons. The number of nitrogens with zero attached hydrogens (tertiary/aromatic N) is 1. The van der Waals surface area contributed by atoms with E-state index in [1.807, 2.05) is 21.1 Å². The van der Waals surface area contributed by atoms with Gasteiger partial charge in [-0.1, -0.05) is 369 Å². The van der Waals surface area contributed by atoms with Gasteiger partial charge in [0.15, 0.2) is 12.4 Å². The van der Waals surface area contributed by atoms with E-state index in [-0.39, 0.29) is 38.6 Å². The number of quaternary nitrogens is 1. The number of carboxylic acid groups (broad SMARTS) is 1. The second-order valence-electron chi connectivity index (χ2n) is 27.6. The Bertz CT molecular complexity index is 1790. The Balaban J connectivity index is 4.00. The summed E-state index contributed by atoms with van der Waals surface area (Å²) in [4.78, 5) is 37.5. The van der Waals surface area contributed by atoms with Crippen LogP contribution in [0.5, 0.6) is 0 Å². The molecule has 0 rings (SSSR count). The zero-order valence-corrected chi connectivity index (χ0v) is 61.2. The minimum Gasteiger partial charge on any atom is -0.545 e. The van der Waals surface area contributed by atoms with E-state index < -0.39 is 24.3 Å². The Kier molecular flexibility index (Phi) is 70.5. The monoisotopic (exact) mass is 1290 g/mol. The van der Waals surface area contributed by atoms with Crippen LogP contribution in [-0.2, 0) is 33.3 Å². The number of likely N-dealkylation sites (N-methyl/N-ethyl adjacent to an activating group) is 1. The molecule has 0 saturated heterocycles. The first kappa shape index (κ1) is 88.5. The van der Waals surface area contributed by atoms with Gasteiger partial charge in [-0.2, -0.15) is 0 Å². The van der Waals surface area contributed by atoms with Crippen molar-refractivity contribution in [3.63, 3.8) is 0 Å². The summed E-state index contributed by atoms with van der Waals surface area (Å²) in [7, 11) is 5.93. The first-order chi connectivity index (χ1) is 45.1. The van der Waals surface area contributed by atoms with Gasteiger partial charge in [0.25, 0.3) is 0 Å². The van der Waals surface area contributed by atoms with Crippen LogP contribution in [0.3, 0.4) is 0 Å². The Morgan fingerprint density at radius 3 is 0.924 bits per heavy atom. The van der Waals surface area contributed by atoms with Crippen LogP contribution in [0.4, 0.5) is 0 Å². The molecule has 2 atom stereocenters. The fourth-order valence-electron chi connectivity index (χ4n) is 11.5. The molecule has 0 N–H and O–H groups in total. The normalized spacial score (nSPS) is 13.1. The zero-order chi connectivity index (χ0) is 66.8. The van der Waals surface area contributed by atoms with Crippen LogP contribution >= 0.6 is 0 Å². The van der Waals surface area contributed by atoms with Gasteiger partial charge in [0.2, 0.25) is 0 Å². The minimum atomic E-state index is -1.63. The van der Waals surface area contributed by atoms with Crippen LogP contribution in [-0.4, -0.2) is 82.3 Å². The molecule has 0 aromatic heterocycles. The molecule has 0 amide bonds. The van der Waals surface area contributed by atoms with Gasteiger partial charge in [0.05, 0.1) is 40.3 Å². The number of hydrogen-bond acceptors (Lipinski definition) is 8. The van der Waals surface area contributed by atoms with Crippen molar-refractivity contribution in [1.82, 2.24) is 0 Å². The first-order valence-electron chi connectivity index (χ1n) is 39.2. The van der Waals surface area contributed by atoms with E-state index in [1.165, 1.54) is 238 Å². The molecule has 9 nitrogen and oxygen atoms in total. The Morgan fingerprint density at radius 1 is 0.337 bits per heavy atom. The van der Waals surface area contributed by atoms with Crippen molar-refractivity contribution < 1.29 is 42.9 Å². The maximum Gasteiger partial charge on any atom is 0.306 e. The SMILES string of the molecule is CC/C=C\C/C=C\C/C=C\C/C=C\C/C=C\C/C=C\C/C=C\CCCCCCCC(=O)OC(COC(=O)CCCCCCCCCCCCCCCCCCCCCCCCCCCCCCCCCCCCCCCCCC)COC(OCC[N+](C)(C)C)C(=O)[O-]. The van der Waals surface area contributed by atoms with E-state index in [0.717, 1.165) is 96.3 Å². The van der Waals surface area contributed by atoms with Gasteiger partial charge in [-0.3, -0.25) is 9.59 Å². The summed E-state index contributed by atoms with van der Waals surface area (Å²) >= 11 is 0. The average molecular weight is 1290 g/mol. The number of unbranched alkanes of at least 4 members (excludes halogenated alkanes) is 44. The van der Waals surface area contributed by atoms with Crippen LogP contribution < -0.4 is 5.11 Å². The lowest BCUT2D eigenvalue weighted by Gasteiger charge is -2.26. The number of allylic oxidation sites excluding steroid dienone is 14. The average Bonchev–Trinajstić information content (AvgIpc) is 3.70. The van der Waals surface area contributed by atoms with Gasteiger partial charge < -0.3 is 33.3 Å². The third-order valence-corrected chi connectivity index (χ3v) is 17.4. The summed E-state index contributed by atoms with van der Waals surface area (Å²) in [6.07, 6.45) is 97.2. The Hall–Kier alpha value is -3.53. The highest BCUT2D eigenvalue weighted by Gasteiger charge is 2.22. The van der Waals surface area contributed by atoms with E-state index in [2.05, 4.69) is 98.9 Å². The van der Waals surface area contributed by atoms with Crippen molar-refractivity contribution in [2.75, 3.05) is 47.5 Å². The van der Waals surface area contributed by atoms with Crippen LogP contribution in [0.15, 0.2) is 85.1 Å². The molecule has 0 heterocycles. The predicted octanol–water partition coefficient (Wildman–Crippen LogP) is 23.6. The van der Waals surface area contributed by atoms with Gasteiger partial charge in [-0.15, -0.1) is 0 Å². The van der Waals surface area contributed by atoms with Crippen LogP contribution in [0.1, 0.15) is 367 Å². The molecule has 0 radical (unpaired) electrons. The predicted molar refractivity (Wildman–Crippen MR) is 394 cm³/mol. The molecule has 0 aromatic carbocycles. The Labute approximate surface area is 570 Å². The molecule has 0 fully saturated rings. The number of carbonyl (C=O) groups is 3. The topological polar surface area (TPSA) is 111 Å². The molecule has 0 aliphatic rings. The zero-order valence-electron chi connectivity index (χ0n) is 61.2. The highest BCUT2D eigenvalue weighted by atomic mass is 16.7. The summed E-state index contributed by atoms with van der Waals surface area (Å²) in [5.41, 5.74) is 0. The molecule has 0 spiro atoms. The fraction of sp³-hybridized carbons (Fsp3) is 0.795. The lowest BCUT2D eigenvalue weighted by molar-refractivity contribution is -0.870. The van der Waals surface area contributed by atoms with Crippen LogP contribution in [0, 0.1) is 0 Å². The molecule has 0 aromatic rings. The molecule has 92 heavy (non-hydrogen) atoms. The van der Waals surface area contributed by atoms with E-state index in [1.54, 1.807) is 0 Å². The molecule has 0 aliphatic carbocycles. The van der Waals surface area contributed by atoms with Crippen molar-refractivity contribution in [2.24, 2.45) is 0 Å². The van der Waals surface area contributed by atoms with Crippen LogP contribution in [0.2, 0.25) is 0 Å². The first-order valence-corrected chi connectivity index (χ1v) is 39.2. The maximum atomic E-state index is 12.9. The van der Waals surface area contributed by atoms with Crippen molar-refractivity contribution in [3.05, 3.63) is 85.1 Å². The third kappa shape index (κ3) is 73.9. The van der Waals surface area contributed by atoms with Crippen molar-refractivity contribution in [3.8, 4) is 0 Å². The maximum absolute atomic E-state index is 12.9. The van der Waals surface area contributed by atoms with E-state index >= 15 is 0 Å². The van der Waals surface area contributed by atoms with Crippen molar-refractivity contribution in [1.29, 1.82) is 0 Å². The summed E-state index contributed by atoms with van der Waals surface area (Å²) in [5, 5.41) is 11.8. The summed E-state index contributed by atoms with van der Waals surface area (Å²) < 4.78 is 22.8. The van der Waals surface area contributed by atoms with E-state index in [9.17, 15) is 19.5 Å². The minimum absolute atomic E-state index is 0.141. The molecule has 0 saturated carbocycles. The van der Waals surface area contributed by atoms with Crippen LogP contribution in [0.25, 0.3) is 0 Å².